The fourth-order valence-corrected chi connectivity index (χ4v) is 3.26. The first-order valence-corrected chi connectivity index (χ1v) is 7.93. The third-order valence-corrected chi connectivity index (χ3v) is 4.66. The number of nitrogens with one attached hydrogen (secondary N) is 1. The first-order valence-electron chi connectivity index (χ1n) is 7.93. The number of nitrogens with zero attached hydrogens (tertiary/aromatic N) is 1. The quantitative estimate of drug-likeness (QED) is 0.775. The third kappa shape index (κ3) is 5.83. The highest BCUT2D eigenvalue weighted by molar-refractivity contribution is 5.85. The van der Waals surface area contributed by atoms with Crippen LogP contribution in [0.15, 0.2) is 0 Å². The molecule has 0 bridgehead atoms. The van der Waals surface area contributed by atoms with E-state index in [0.717, 1.165) is 31.8 Å². The van der Waals surface area contributed by atoms with E-state index < -0.39 is 0 Å². The molecule has 0 spiro atoms. The number of carbonyl (C=O) groups excluding carboxylic acids is 2. The van der Waals surface area contributed by atoms with Crippen LogP contribution in [-0.2, 0) is 9.59 Å². The van der Waals surface area contributed by atoms with Crippen LogP contribution in [0.25, 0.3) is 0 Å². The summed E-state index contributed by atoms with van der Waals surface area (Å²) in [5.41, 5.74) is 5.61. The van der Waals surface area contributed by atoms with Crippen molar-refractivity contribution in [1.82, 2.24) is 10.2 Å². The molecule has 6 heteroatoms. The van der Waals surface area contributed by atoms with Gasteiger partial charge in [-0.25, -0.2) is 0 Å². The van der Waals surface area contributed by atoms with Crippen LogP contribution < -0.4 is 11.1 Å². The normalized spacial score (nSPS) is 22.1. The Morgan fingerprint density at radius 2 is 1.86 bits per heavy atom. The summed E-state index contributed by atoms with van der Waals surface area (Å²) in [6, 6.07) is 0. The Bertz CT molecular complexity index is 346. The molecule has 2 amide bonds. The Hall–Kier alpha value is -0.810. The molecule has 1 atom stereocenters. The standard InChI is InChI=1S/C15H27N3O2.ClH/c16-9-13-7-8-18(11-13)15(20)10-17-14(19)6-5-12-3-1-2-4-12;/h12-13H,1-11,16H2,(H,17,19);1H. The molecule has 3 N–H and O–H groups in total. The smallest absolute Gasteiger partial charge is 0.241 e. The van der Waals surface area contributed by atoms with Gasteiger partial charge in [0.25, 0.3) is 0 Å². The zero-order chi connectivity index (χ0) is 14.4. The second-order valence-electron chi connectivity index (χ2n) is 6.20. The molecule has 1 saturated carbocycles. The summed E-state index contributed by atoms with van der Waals surface area (Å²) < 4.78 is 0. The third-order valence-electron chi connectivity index (χ3n) is 4.66. The molecule has 0 aromatic heterocycles. The Morgan fingerprint density at radius 3 is 2.48 bits per heavy atom. The first kappa shape index (κ1) is 18.2. The van der Waals surface area contributed by atoms with Gasteiger partial charge in [0, 0.05) is 19.5 Å². The minimum atomic E-state index is 0. The van der Waals surface area contributed by atoms with E-state index in [0.29, 0.717) is 18.9 Å². The van der Waals surface area contributed by atoms with Crippen molar-refractivity contribution in [3.63, 3.8) is 0 Å². The van der Waals surface area contributed by atoms with Crippen molar-refractivity contribution in [2.75, 3.05) is 26.2 Å². The van der Waals surface area contributed by atoms with E-state index >= 15 is 0 Å². The van der Waals surface area contributed by atoms with Gasteiger partial charge in [0.1, 0.15) is 0 Å². The molecule has 2 rings (SSSR count). The molecule has 122 valence electrons. The van der Waals surface area contributed by atoms with Gasteiger partial charge < -0.3 is 16.0 Å². The number of halogens is 1. The number of likely N-dealkylation sites (tertiary alicyclic amines) is 1. The summed E-state index contributed by atoms with van der Waals surface area (Å²) >= 11 is 0. The Kier molecular flexibility index (Phi) is 8.04. The first-order chi connectivity index (χ1) is 9.69. The van der Waals surface area contributed by atoms with Crippen LogP contribution in [0.3, 0.4) is 0 Å². The van der Waals surface area contributed by atoms with Crippen molar-refractivity contribution in [3.05, 3.63) is 0 Å². The number of rotatable bonds is 6. The van der Waals surface area contributed by atoms with E-state index in [1.165, 1.54) is 25.7 Å². The average Bonchev–Trinajstić information content (AvgIpc) is 3.12. The molecular formula is C15H28ClN3O2. The minimum Gasteiger partial charge on any atom is -0.347 e. The Morgan fingerprint density at radius 1 is 1.14 bits per heavy atom. The summed E-state index contributed by atoms with van der Waals surface area (Å²) in [7, 11) is 0. The van der Waals surface area contributed by atoms with Crippen molar-refractivity contribution in [3.8, 4) is 0 Å². The van der Waals surface area contributed by atoms with Gasteiger partial charge in [-0.3, -0.25) is 9.59 Å². The number of amides is 2. The van der Waals surface area contributed by atoms with Crippen molar-refractivity contribution in [2.45, 2.75) is 44.9 Å². The van der Waals surface area contributed by atoms with Crippen LogP contribution in [0.5, 0.6) is 0 Å². The fraction of sp³-hybridized carbons (Fsp3) is 0.867. The van der Waals surface area contributed by atoms with Gasteiger partial charge in [-0.1, -0.05) is 25.7 Å². The zero-order valence-corrected chi connectivity index (χ0v) is 13.5. The summed E-state index contributed by atoms with van der Waals surface area (Å²) in [5, 5.41) is 2.75. The molecule has 1 unspecified atom stereocenters. The maximum absolute atomic E-state index is 11.9. The Balaban J connectivity index is 0.00000220. The van der Waals surface area contributed by atoms with Crippen LogP contribution >= 0.6 is 12.4 Å². The lowest BCUT2D eigenvalue weighted by Crippen LogP contribution is -2.39. The molecule has 0 aromatic carbocycles. The predicted molar refractivity (Wildman–Crippen MR) is 85.2 cm³/mol. The van der Waals surface area contributed by atoms with Gasteiger partial charge in [0.2, 0.25) is 11.8 Å². The van der Waals surface area contributed by atoms with Gasteiger partial charge in [-0.05, 0) is 31.2 Å². The maximum Gasteiger partial charge on any atom is 0.241 e. The van der Waals surface area contributed by atoms with Crippen LogP contribution in [0.2, 0.25) is 0 Å². The van der Waals surface area contributed by atoms with Crippen molar-refractivity contribution >= 4 is 24.2 Å². The molecule has 0 radical (unpaired) electrons. The van der Waals surface area contributed by atoms with Gasteiger partial charge in [-0.15, -0.1) is 12.4 Å². The van der Waals surface area contributed by atoms with Crippen molar-refractivity contribution in [1.29, 1.82) is 0 Å². The van der Waals surface area contributed by atoms with E-state index in [9.17, 15) is 9.59 Å². The highest BCUT2D eigenvalue weighted by Crippen LogP contribution is 2.28. The summed E-state index contributed by atoms with van der Waals surface area (Å²) in [4.78, 5) is 25.5. The topological polar surface area (TPSA) is 75.4 Å². The van der Waals surface area contributed by atoms with E-state index in [4.69, 9.17) is 5.73 Å². The van der Waals surface area contributed by atoms with Crippen LogP contribution in [0.1, 0.15) is 44.9 Å². The Labute approximate surface area is 133 Å². The van der Waals surface area contributed by atoms with Crippen molar-refractivity contribution < 1.29 is 9.59 Å². The second-order valence-corrected chi connectivity index (χ2v) is 6.20. The van der Waals surface area contributed by atoms with Crippen molar-refractivity contribution in [2.24, 2.45) is 17.6 Å². The average molecular weight is 318 g/mol. The molecule has 1 aliphatic heterocycles. The molecule has 0 aromatic rings. The lowest BCUT2D eigenvalue weighted by atomic mass is 10.0. The molecule has 1 heterocycles. The number of hydrogen-bond donors (Lipinski definition) is 2. The summed E-state index contributed by atoms with van der Waals surface area (Å²) in [6.07, 6.45) is 7.66. The largest absolute Gasteiger partial charge is 0.347 e. The van der Waals surface area contributed by atoms with E-state index in [1.54, 1.807) is 0 Å². The highest BCUT2D eigenvalue weighted by atomic mass is 35.5. The van der Waals surface area contributed by atoms with Gasteiger partial charge >= 0.3 is 0 Å². The lowest BCUT2D eigenvalue weighted by Gasteiger charge is -2.16. The lowest BCUT2D eigenvalue weighted by molar-refractivity contribution is -0.132. The zero-order valence-electron chi connectivity index (χ0n) is 12.7. The molecule has 5 nitrogen and oxygen atoms in total. The van der Waals surface area contributed by atoms with Gasteiger partial charge in [0.05, 0.1) is 6.54 Å². The van der Waals surface area contributed by atoms with E-state index in [-0.39, 0.29) is 30.8 Å². The monoisotopic (exact) mass is 317 g/mol. The second kappa shape index (κ2) is 9.26. The molecule has 2 aliphatic rings. The highest BCUT2D eigenvalue weighted by Gasteiger charge is 2.25. The molecule has 21 heavy (non-hydrogen) atoms. The van der Waals surface area contributed by atoms with Crippen LogP contribution in [0, 0.1) is 11.8 Å². The maximum atomic E-state index is 11.9. The molecule has 1 aliphatic carbocycles. The molecule has 2 fully saturated rings. The fourth-order valence-electron chi connectivity index (χ4n) is 3.26. The summed E-state index contributed by atoms with van der Waals surface area (Å²) in [6.45, 7) is 2.30. The van der Waals surface area contributed by atoms with E-state index in [1.807, 2.05) is 4.90 Å². The number of nitrogens with two attached hydrogens (primary N) is 1. The predicted octanol–water partition coefficient (Wildman–Crippen LogP) is 1.30. The molecular weight excluding hydrogens is 290 g/mol. The van der Waals surface area contributed by atoms with Gasteiger partial charge in [-0.2, -0.15) is 0 Å². The van der Waals surface area contributed by atoms with Crippen LogP contribution in [-0.4, -0.2) is 42.9 Å². The number of hydrogen-bond acceptors (Lipinski definition) is 3. The van der Waals surface area contributed by atoms with Crippen LogP contribution in [0.4, 0.5) is 0 Å². The van der Waals surface area contributed by atoms with Gasteiger partial charge in [0.15, 0.2) is 0 Å². The minimum absolute atomic E-state index is 0. The number of carbonyl (C=O) groups is 2. The molecule has 1 saturated heterocycles. The summed E-state index contributed by atoms with van der Waals surface area (Å²) in [5.74, 6) is 1.19. The van der Waals surface area contributed by atoms with E-state index in [2.05, 4.69) is 5.32 Å². The SMILES string of the molecule is Cl.NCC1CCN(C(=O)CNC(=O)CCC2CCCC2)C1.